The quantitative estimate of drug-likeness (QED) is 0.712. The molecule has 2 aromatic heterocycles. The molecular formula is C20H23N5O. The first-order valence-electron chi connectivity index (χ1n) is 8.71. The summed E-state index contributed by atoms with van der Waals surface area (Å²) in [7, 11) is 0. The van der Waals surface area contributed by atoms with Crippen LogP contribution in [0.15, 0.2) is 61.2 Å². The molecule has 0 saturated carbocycles. The smallest absolute Gasteiger partial charge is 0.319 e. The Kier molecular flexibility index (Phi) is 5.63. The van der Waals surface area contributed by atoms with E-state index in [1.165, 1.54) is 0 Å². The van der Waals surface area contributed by atoms with Crippen molar-refractivity contribution in [2.45, 2.75) is 26.2 Å². The number of nitrogens with zero attached hydrogens (tertiary/aromatic N) is 3. The molecule has 6 heteroatoms. The minimum Gasteiger partial charge on any atom is -0.337 e. The summed E-state index contributed by atoms with van der Waals surface area (Å²) in [6, 6.07) is 13.5. The maximum Gasteiger partial charge on any atom is 0.319 e. The van der Waals surface area contributed by atoms with E-state index in [9.17, 15) is 4.79 Å². The molecule has 0 spiro atoms. The van der Waals surface area contributed by atoms with Crippen molar-refractivity contribution in [3.05, 3.63) is 72.4 Å². The Balaban J connectivity index is 1.54. The molecule has 1 aromatic carbocycles. The summed E-state index contributed by atoms with van der Waals surface area (Å²) in [4.78, 5) is 20.8. The summed E-state index contributed by atoms with van der Waals surface area (Å²) in [6.45, 7) is 4.73. The lowest BCUT2D eigenvalue weighted by atomic mass is 10.0. The zero-order chi connectivity index (χ0) is 18.4. The number of anilines is 1. The zero-order valence-corrected chi connectivity index (χ0v) is 15.0. The second-order valence-electron chi connectivity index (χ2n) is 6.33. The van der Waals surface area contributed by atoms with Crippen LogP contribution in [-0.4, -0.2) is 27.1 Å². The van der Waals surface area contributed by atoms with Crippen LogP contribution < -0.4 is 10.6 Å². The number of imidazole rings is 1. The topological polar surface area (TPSA) is 71.8 Å². The van der Waals surface area contributed by atoms with Gasteiger partial charge in [0.25, 0.3) is 0 Å². The number of nitrogens with one attached hydrogen (secondary N) is 2. The highest BCUT2D eigenvalue weighted by atomic mass is 16.2. The third-order valence-electron chi connectivity index (χ3n) is 4.06. The molecule has 2 heterocycles. The Labute approximate surface area is 153 Å². The number of carbonyl (C=O) groups excluding carboxylic acids is 1. The molecule has 0 aliphatic rings. The number of amides is 2. The number of rotatable bonds is 6. The highest BCUT2D eigenvalue weighted by Gasteiger charge is 2.09. The molecule has 0 aliphatic heterocycles. The molecule has 2 N–H and O–H groups in total. The molecule has 0 unspecified atom stereocenters. The first kappa shape index (κ1) is 17.7. The Morgan fingerprint density at radius 2 is 2.00 bits per heavy atom. The van der Waals surface area contributed by atoms with E-state index in [1.54, 1.807) is 12.5 Å². The number of pyridine rings is 1. The molecule has 6 nitrogen and oxygen atoms in total. The van der Waals surface area contributed by atoms with Gasteiger partial charge in [-0.05, 0) is 29.7 Å². The standard InChI is InChI=1S/C20H23N5O/c1-15(2)17-7-3-4-8-18(17)24-20(26)22-11-10-16-6-5-9-19(23-16)25-13-12-21-14-25/h3-9,12-15H,10-11H2,1-2H3,(H2,22,24,26). The van der Waals surface area contributed by atoms with E-state index in [2.05, 4.69) is 34.4 Å². The van der Waals surface area contributed by atoms with Gasteiger partial charge in [-0.15, -0.1) is 0 Å². The van der Waals surface area contributed by atoms with E-state index in [4.69, 9.17) is 0 Å². The van der Waals surface area contributed by atoms with Crippen LogP contribution in [0.5, 0.6) is 0 Å². The highest BCUT2D eigenvalue weighted by Crippen LogP contribution is 2.23. The Hall–Kier alpha value is -3.15. The molecule has 0 atom stereocenters. The van der Waals surface area contributed by atoms with Gasteiger partial charge >= 0.3 is 6.03 Å². The van der Waals surface area contributed by atoms with Gasteiger partial charge in [0.1, 0.15) is 12.1 Å². The first-order valence-corrected chi connectivity index (χ1v) is 8.71. The molecule has 2 amide bonds. The van der Waals surface area contributed by atoms with Crippen LogP contribution in [0.4, 0.5) is 10.5 Å². The van der Waals surface area contributed by atoms with Crippen molar-refractivity contribution in [2.24, 2.45) is 0 Å². The third-order valence-corrected chi connectivity index (χ3v) is 4.06. The van der Waals surface area contributed by atoms with E-state index >= 15 is 0 Å². The van der Waals surface area contributed by atoms with Gasteiger partial charge in [0.15, 0.2) is 0 Å². The number of aromatic nitrogens is 3. The Morgan fingerprint density at radius 3 is 2.77 bits per heavy atom. The van der Waals surface area contributed by atoms with Crippen LogP contribution in [0.25, 0.3) is 5.82 Å². The fourth-order valence-electron chi connectivity index (χ4n) is 2.73. The van der Waals surface area contributed by atoms with Gasteiger partial charge in [-0.25, -0.2) is 14.8 Å². The van der Waals surface area contributed by atoms with Crippen molar-refractivity contribution in [3.8, 4) is 5.82 Å². The number of urea groups is 1. The molecule has 0 fully saturated rings. The van der Waals surface area contributed by atoms with Crippen LogP contribution in [0, 0.1) is 0 Å². The van der Waals surface area contributed by atoms with Gasteiger partial charge < -0.3 is 10.6 Å². The van der Waals surface area contributed by atoms with Crippen molar-refractivity contribution in [2.75, 3.05) is 11.9 Å². The molecular weight excluding hydrogens is 326 g/mol. The van der Waals surface area contributed by atoms with E-state index in [0.29, 0.717) is 18.9 Å². The SMILES string of the molecule is CC(C)c1ccccc1NC(=O)NCCc1cccc(-n2ccnc2)n1. The second kappa shape index (κ2) is 8.29. The van der Waals surface area contributed by atoms with Gasteiger partial charge in [-0.3, -0.25) is 4.57 Å². The number of hydrogen-bond donors (Lipinski definition) is 2. The van der Waals surface area contributed by atoms with Gasteiger partial charge in [-0.2, -0.15) is 0 Å². The molecule has 0 bridgehead atoms. The summed E-state index contributed by atoms with van der Waals surface area (Å²) < 4.78 is 1.85. The molecule has 134 valence electrons. The number of benzene rings is 1. The monoisotopic (exact) mass is 349 g/mol. The molecule has 3 rings (SSSR count). The van der Waals surface area contributed by atoms with Crippen LogP contribution >= 0.6 is 0 Å². The predicted molar refractivity (Wildman–Crippen MR) is 103 cm³/mol. The van der Waals surface area contributed by atoms with Gasteiger partial charge in [0.05, 0.1) is 0 Å². The van der Waals surface area contributed by atoms with Crippen molar-refractivity contribution in [3.63, 3.8) is 0 Å². The zero-order valence-electron chi connectivity index (χ0n) is 15.0. The van der Waals surface area contributed by atoms with E-state index in [0.717, 1.165) is 22.8 Å². The van der Waals surface area contributed by atoms with E-state index in [1.807, 2.05) is 53.2 Å². The number of carbonyl (C=O) groups is 1. The maximum absolute atomic E-state index is 12.2. The van der Waals surface area contributed by atoms with E-state index < -0.39 is 0 Å². The normalized spacial score (nSPS) is 10.7. The molecule has 0 radical (unpaired) electrons. The van der Waals surface area contributed by atoms with Gasteiger partial charge in [0, 0.05) is 36.7 Å². The lowest BCUT2D eigenvalue weighted by molar-refractivity contribution is 0.252. The summed E-state index contributed by atoms with van der Waals surface area (Å²) in [5.74, 6) is 1.16. The second-order valence-corrected chi connectivity index (χ2v) is 6.33. The first-order chi connectivity index (χ1) is 12.6. The average Bonchev–Trinajstić information content (AvgIpc) is 3.17. The molecule has 0 aliphatic carbocycles. The minimum atomic E-state index is -0.205. The fourth-order valence-corrected chi connectivity index (χ4v) is 2.73. The van der Waals surface area contributed by atoms with Crippen LogP contribution in [0.1, 0.15) is 31.0 Å². The van der Waals surface area contributed by atoms with Crippen molar-refractivity contribution in [1.82, 2.24) is 19.9 Å². The average molecular weight is 349 g/mol. The lowest BCUT2D eigenvalue weighted by Crippen LogP contribution is -2.31. The highest BCUT2D eigenvalue weighted by molar-refractivity contribution is 5.90. The summed E-state index contributed by atoms with van der Waals surface area (Å²) in [5.41, 5.74) is 2.89. The lowest BCUT2D eigenvalue weighted by Gasteiger charge is -2.14. The fraction of sp³-hybridized carbons (Fsp3) is 0.250. The number of para-hydroxylation sites is 1. The number of hydrogen-bond acceptors (Lipinski definition) is 3. The minimum absolute atomic E-state index is 0.205. The Morgan fingerprint density at radius 1 is 1.15 bits per heavy atom. The predicted octanol–water partition coefficient (Wildman–Crippen LogP) is 3.75. The summed E-state index contributed by atoms with van der Waals surface area (Å²) >= 11 is 0. The largest absolute Gasteiger partial charge is 0.337 e. The van der Waals surface area contributed by atoms with Crippen molar-refractivity contribution >= 4 is 11.7 Å². The van der Waals surface area contributed by atoms with Crippen LogP contribution in [0.2, 0.25) is 0 Å². The van der Waals surface area contributed by atoms with Crippen molar-refractivity contribution in [1.29, 1.82) is 0 Å². The molecule has 3 aromatic rings. The summed E-state index contributed by atoms with van der Waals surface area (Å²) in [5, 5.41) is 5.82. The third kappa shape index (κ3) is 4.47. The van der Waals surface area contributed by atoms with Crippen LogP contribution in [0.3, 0.4) is 0 Å². The molecule has 0 saturated heterocycles. The Bertz CT molecular complexity index is 858. The van der Waals surface area contributed by atoms with Crippen LogP contribution in [-0.2, 0) is 6.42 Å². The maximum atomic E-state index is 12.2. The van der Waals surface area contributed by atoms with E-state index in [-0.39, 0.29) is 6.03 Å². The van der Waals surface area contributed by atoms with Gasteiger partial charge in [0.2, 0.25) is 0 Å². The van der Waals surface area contributed by atoms with Crippen molar-refractivity contribution < 1.29 is 4.79 Å². The molecule has 26 heavy (non-hydrogen) atoms. The van der Waals surface area contributed by atoms with Gasteiger partial charge in [-0.1, -0.05) is 38.1 Å². The summed E-state index contributed by atoms with van der Waals surface area (Å²) in [6.07, 6.45) is 5.94.